The number of aromatic nitrogens is 2. The maximum atomic E-state index is 10.3. The minimum absolute atomic E-state index is 0.509. The molecule has 1 aromatic carbocycles. The Morgan fingerprint density at radius 3 is 2.78 bits per heavy atom. The van der Waals surface area contributed by atoms with Crippen molar-refractivity contribution < 1.29 is 9.84 Å². The summed E-state index contributed by atoms with van der Waals surface area (Å²) >= 11 is 0. The topological polar surface area (TPSA) is 47.3 Å². The molecule has 0 saturated heterocycles. The van der Waals surface area contributed by atoms with Crippen molar-refractivity contribution in [2.45, 2.75) is 19.1 Å². The van der Waals surface area contributed by atoms with Gasteiger partial charge in [-0.3, -0.25) is 4.68 Å². The van der Waals surface area contributed by atoms with Gasteiger partial charge >= 0.3 is 0 Å². The number of hydrogen-bond donors (Lipinski definition) is 1. The standard InChI is InChI=1S/C14H18N2O2/c1-16-8-7-12(15-16)9-14(17)13-6-4-3-5-11(13)10-18-2/h3-8,14,17H,9-10H2,1-2H3. The van der Waals surface area contributed by atoms with Crippen LogP contribution in [0.5, 0.6) is 0 Å². The number of benzene rings is 1. The Morgan fingerprint density at radius 2 is 2.11 bits per heavy atom. The second kappa shape index (κ2) is 5.80. The van der Waals surface area contributed by atoms with Crippen LogP contribution in [0.25, 0.3) is 0 Å². The molecule has 2 aromatic rings. The van der Waals surface area contributed by atoms with Crippen LogP contribution in [0, 0.1) is 0 Å². The van der Waals surface area contributed by atoms with Crippen LogP contribution in [0.1, 0.15) is 22.9 Å². The summed E-state index contributed by atoms with van der Waals surface area (Å²) in [7, 11) is 3.52. The van der Waals surface area contributed by atoms with Gasteiger partial charge in [-0.2, -0.15) is 5.10 Å². The maximum absolute atomic E-state index is 10.3. The fourth-order valence-corrected chi connectivity index (χ4v) is 2.03. The highest BCUT2D eigenvalue weighted by Gasteiger charge is 2.13. The number of nitrogens with zero attached hydrogens (tertiary/aromatic N) is 2. The predicted molar refractivity (Wildman–Crippen MR) is 69.0 cm³/mol. The Balaban J connectivity index is 2.15. The van der Waals surface area contributed by atoms with Gasteiger partial charge in [-0.25, -0.2) is 0 Å². The van der Waals surface area contributed by atoms with Gasteiger partial charge in [0.2, 0.25) is 0 Å². The normalized spacial score (nSPS) is 12.6. The van der Waals surface area contributed by atoms with E-state index in [1.807, 2.05) is 43.6 Å². The minimum Gasteiger partial charge on any atom is -0.388 e. The van der Waals surface area contributed by atoms with Crippen LogP contribution in [0.15, 0.2) is 36.5 Å². The molecule has 0 spiro atoms. The van der Waals surface area contributed by atoms with E-state index in [2.05, 4.69) is 5.10 Å². The number of aliphatic hydroxyl groups excluding tert-OH is 1. The molecule has 0 aliphatic carbocycles. The summed E-state index contributed by atoms with van der Waals surface area (Å²) < 4.78 is 6.88. The van der Waals surface area contributed by atoms with Crippen LogP contribution < -0.4 is 0 Å². The lowest BCUT2D eigenvalue weighted by Crippen LogP contribution is -2.06. The van der Waals surface area contributed by atoms with Crippen molar-refractivity contribution in [1.82, 2.24) is 9.78 Å². The number of aliphatic hydroxyl groups is 1. The third kappa shape index (κ3) is 2.97. The minimum atomic E-state index is -0.550. The Labute approximate surface area is 107 Å². The molecule has 1 heterocycles. The number of aryl methyl sites for hydroxylation is 1. The molecular weight excluding hydrogens is 228 g/mol. The molecule has 1 unspecified atom stereocenters. The summed E-state index contributed by atoms with van der Waals surface area (Å²) in [6.07, 6.45) is 1.84. The molecule has 0 aliphatic rings. The Hall–Kier alpha value is -1.65. The average Bonchev–Trinajstić information content (AvgIpc) is 2.76. The molecule has 0 saturated carbocycles. The van der Waals surface area contributed by atoms with E-state index in [1.165, 1.54) is 0 Å². The molecule has 4 heteroatoms. The van der Waals surface area contributed by atoms with Crippen LogP contribution in [-0.2, 0) is 24.8 Å². The molecule has 4 nitrogen and oxygen atoms in total. The van der Waals surface area contributed by atoms with Gasteiger partial charge < -0.3 is 9.84 Å². The summed E-state index contributed by atoms with van der Waals surface area (Å²) in [4.78, 5) is 0. The molecule has 0 aliphatic heterocycles. The Kier molecular flexibility index (Phi) is 4.12. The van der Waals surface area contributed by atoms with Gasteiger partial charge in [0.05, 0.1) is 18.4 Å². The van der Waals surface area contributed by atoms with Crippen molar-refractivity contribution in [3.63, 3.8) is 0 Å². The molecule has 1 aromatic heterocycles. The van der Waals surface area contributed by atoms with Gasteiger partial charge in [0.15, 0.2) is 0 Å². The highest BCUT2D eigenvalue weighted by atomic mass is 16.5. The van der Waals surface area contributed by atoms with Gasteiger partial charge in [0.25, 0.3) is 0 Å². The second-order valence-corrected chi connectivity index (χ2v) is 4.33. The van der Waals surface area contributed by atoms with Crippen LogP contribution in [-0.4, -0.2) is 22.0 Å². The molecule has 0 amide bonds. The summed E-state index contributed by atoms with van der Waals surface area (Å²) in [5.41, 5.74) is 2.81. The molecule has 18 heavy (non-hydrogen) atoms. The van der Waals surface area contributed by atoms with Crippen LogP contribution in [0.3, 0.4) is 0 Å². The largest absolute Gasteiger partial charge is 0.388 e. The van der Waals surface area contributed by atoms with E-state index < -0.39 is 6.10 Å². The van der Waals surface area contributed by atoms with Crippen molar-refractivity contribution in [1.29, 1.82) is 0 Å². The van der Waals surface area contributed by atoms with Gasteiger partial charge in [-0.15, -0.1) is 0 Å². The molecule has 2 rings (SSSR count). The van der Waals surface area contributed by atoms with Gasteiger partial charge in [0.1, 0.15) is 0 Å². The average molecular weight is 246 g/mol. The van der Waals surface area contributed by atoms with Gasteiger partial charge in [-0.1, -0.05) is 24.3 Å². The highest BCUT2D eigenvalue weighted by Crippen LogP contribution is 2.21. The van der Waals surface area contributed by atoms with Crippen molar-refractivity contribution >= 4 is 0 Å². The van der Waals surface area contributed by atoms with E-state index in [-0.39, 0.29) is 0 Å². The molecule has 1 atom stereocenters. The molecule has 96 valence electrons. The van der Waals surface area contributed by atoms with Crippen LogP contribution >= 0.6 is 0 Å². The van der Waals surface area contributed by atoms with E-state index in [9.17, 15) is 5.11 Å². The Morgan fingerprint density at radius 1 is 1.33 bits per heavy atom. The number of methoxy groups -OCH3 is 1. The second-order valence-electron chi connectivity index (χ2n) is 4.33. The summed E-state index contributed by atoms with van der Waals surface area (Å²) in [5, 5.41) is 14.6. The lowest BCUT2D eigenvalue weighted by Gasteiger charge is -2.14. The molecular formula is C14H18N2O2. The van der Waals surface area contributed by atoms with E-state index >= 15 is 0 Å². The zero-order valence-electron chi connectivity index (χ0n) is 10.7. The van der Waals surface area contributed by atoms with Gasteiger partial charge in [0, 0.05) is 26.8 Å². The lowest BCUT2D eigenvalue weighted by atomic mass is 9.99. The maximum Gasteiger partial charge on any atom is 0.0849 e. The number of ether oxygens (including phenoxy) is 1. The predicted octanol–water partition coefficient (Wildman–Crippen LogP) is 1.84. The first-order chi connectivity index (χ1) is 8.70. The zero-order valence-corrected chi connectivity index (χ0v) is 10.7. The first-order valence-corrected chi connectivity index (χ1v) is 5.94. The van der Waals surface area contributed by atoms with E-state index in [0.29, 0.717) is 13.0 Å². The quantitative estimate of drug-likeness (QED) is 0.875. The smallest absolute Gasteiger partial charge is 0.0849 e. The van der Waals surface area contributed by atoms with Crippen molar-refractivity contribution in [3.8, 4) is 0 Å². The third-order valence-corrected chi connectivity index (χ3v) is 2.89. The van der Waals surface area contributed by atoms with E-state index in [1.54, 1.807) is 11.8 Å². The lowest BCUT2D eigenvalue weighted by molar-refractivity contribution is 0.160. The Bertz CT molecular complexity index is 508. The van der Waals surface area contributed by atoms with E-state index in [0.717, 1.165) is 16.8 Å². The molecule has 0 fully saturated rings. The third-order valence-electron chi connectivity index (χ3n) is 2.89. The molecule has 0 bridgehead atoms. The summed E-state index contributed by atoms with van der Waals surface area (Å²) in [6.45, 7) is 0.509. The monoisotopic (exact) mass is 246 g/mol. The van der Waals surface area contributed by atoms with Crippen molar-refractivity contribution in [2.75, 3.05) is 7.11 Å². The van der Waals surface area contributed by atoms with Crippen molar-refractivity contribution in [3.05, 3.63) is 53.3 Å². The summed E-state index contributed by atoms with van der Waals surface area (Å²) in [5.74, 6) is 0. The SMILES string of the molecule is COCc1ccccc1C(O)Cc1ccn(C)n1. The van der Waals surface area contributed by atoms with E-state index in [4.69, 9.17) is 4.74 Å². The highest BCUT2D eigenvalue weighted by molar-refractivity contribution is 5.29. The number of rotatable bonds is 5. The summed E-state index contributed by atoms with van der Waals surface area (Å²) in [6, 6.07) is 9.70. The van der Waals surface area contributed by atoms with Crippen LogP contribution in [0.2, 0.25) is 0 Å². The first-order valence-electron chi connectivity index (χ1n) is 5.94. The number of hydrogen-bond acceptors (Lipinski definition) is 3. The zero-order chi connectivity index (χ0) is 13.0. The van der Waals surface area contributed by atoms with Crippen LogP contribution in [0.4, 0.5) is 0 Å². The fraction of sp³-hybridized carbons (Fsp3) is 0.357. The molecule has 1 N–H and O–H groups in total. The van der Waals surface area contributed by atoms with Gasteiger partial charge in [-0.05, 0) is 17.2 Å². The fourth-order valence-electron chi connectivity index (χ4n) is 2.03. The molecule has 0 radical (unpaired) electrons. The first kappa shape index (κ1) is 12.8. The van der Waals surface area contributed by atoms with Crippen molar-refractivity contribution in [2.24, 2.45) is 7.05 Å².